The van der Waals surface area contributed by atoms with E-state index in [1.165, 1.54) is 6.20 Å². The molecule has 0 bridgehead atoms. The van der Waals surface area contributed by atoms with Gasteiger partial charge in [0.2, 0.25) is 5.91 Å². The number of fused-ring (bicyclic) bond motifs is 1. The van der Waals surface area contributed by atoms with Gasteiger partial charge in [-0.3, -0.25) is 4.79 Å². The van der Waals surface area contributed by atoms with Gasteiger partial charge in [0, 0.05) is 25.2 Å². The quantitative estimate of drug-likeness (QED) is 0.650. The van der Waals surface area contributed by atoms with E-state index in [-0.39, 0.29) is 24.0 Å². The van der Waals surface area contributed by atoms with Gasteiger partial charge < -0.3 is 9.64 Å². The number of hydrogen-bond acceptors (Lipinski definition) is 5. The Kier molecular flexibility index (Phi) is 5.31. The second-order valence-corrected chi connectivity index (χ2v) is 7.22. The number of likely N-dealkylation sites (tertiary alicyclic amines) is 1. The molecule has 3 heterocycles. The molecule has 1 saturated heterocycles. The van der Waals surface area contributed by atoms with Crippen molar-refractivity contribution in [3.8, 4) is 5.75 Å². The van der Waals surface area contributed by atoms with Crippen molar-refractivity contribution in [1.29, 1.82) is 0 Å². The lowest BCUT2D eigenvalue weighted by molar-refractivity contribution is -0.144. The molecule has 158 valence electrons. The highest BCUT2D eigenvalue weighted by Crippen LogP contribution is 2.30. The smallest absolute Gasteiger partial charge is 0.453 e. The Bertz CT molecular complexity index is 1050. The number of carbonyl (C=O) groups is 1. The van der Waals surface area contributed by atoms with E-state index in [0.29, 0.717) is 18.8 Å². The molecule has 3 aromatic rings. The summed E-state index contributed by atoms with van der Waals surface area (Å²) in [5.41, 5.74) is 1.45. The zero-order valence-electron chi connectivity index (χ0n) is 16.3. The lowest BCUT2D eigenvalue weighted by Gasteiger charge is -2.33. The van der Waals surface area contributed by atoms with Crippen LogP contribution in [0.2, 0.25) is 0 Å². The molecule has 0 spiro atoms. The first-order chi connectivity index (χ1) is 14.3. The standard InChI is InChI=1S/C20H20F3N5O2/c1-30-15-6-4-13(5-7-15)11-17(29)27-10-2-3-14(12-27)16-8-9-24-19-25-18(20(21,22)23)26-28(16)19/h4-9,14H,2-3,10-12H2,1H3/t14-/m1/s1. The number of hydrogen-bond donors (Lipinski definition) is 0. The van der Waals surface area contributed by atoms with Crippen LogP contribution in [-0.2, 0) is 17.4 Å². The van der Waals surface area contributed by atoms with Crippen LogP contribution >= 0.6 is 0 Å². The third-order valence-corrected chi connectivity index (χ3v) is 5.23. The number of alkyl halides is 3. The fraction of sp³-hybridized carbons (Fsp3) is 0.400. The predicted octanol–water partition coefficient (Wildman–Crippen LogP) is 3.10. The van der Waals surface area contributed by atoms with Crippen LogP contribution in [0.1, 0.15) is 35.8 Å². The van der Waals surface area contributed by atoms with E-state index in [4.69, 9.17) is 4.74 Å². The van der Waals surface area contributed by atoms with Crippen molar-refractivity contribution in [2.45, 2.75) is 31.4 Å². The van der Waals surface area contributed by atoms with Gasteiger partial charge in [0.1, 0.15) is 5.75 Å². The number of aromatic nitrogens is 4. The first-order valence-corrected chi connectivity index (χ1v) is 9.54. The topological polar surface area (TPSA) is 72.6 Å². The molecule has 30 heavy (non-hydrogen) atoms. The lowest BCUT2D eigenvalue weighted by atomic mass is 9.94. The van der Waals surface area contributed by atoms with Gasteiger partial charge in [-0.2, -0.15) is 18.2 Å². The highest BCUT2D eigenvalue weighted by molar-refractivity contribution is 5.79. The van der Waals surface area contributed by atoms with Crippen molar-refractivity contribution >= 4 is 11.7 Å². The number of amides is 1. The Labute approximate surface area is 170 Å². The molecule has 1 fully saturated rings. The van der Waals surface area contributed by atoms with E-state index in [1.54, 1.807) is 30.2 Å². The lowest BCUT2D eigenvalue weighted by Crippen LogP contribution is -2.40. The van der Waals surface area contributed by atoms with Crippen LogP contribution in [-0.4, -0.2) is 50.6 Å². The third-order valence-electron chi connectivity index (χ3n) is 5.23. The molecule has 0 N–H and O–H groups in total. The fourth-order valence-electron chi connectivity index (χ4n) is 3.72. The van der Waals surface area contributed by atoms with Gasteiger partial charge in [-0.1, -0.05) is 12.1 Å². The van der Waals surface area contributed by atoms with Gasteiger partial charge in [0.05, 0.1) is 19.2 Å². The van der Waals surface area contributed by atoms with Crippen molar-refractivity contribution in [2.75, 3.05) is 20.2 Å². The monoisotopic (exact) mass is 419 g/mol. The zero-order valence-corrected chi connectivity index (χ0v) is 16.3. The summed E-state index contributed by atoms with van der Waals surface area (Å²) in [6.45, 7) is 1.03. The molecule has 1 aromatic carbocycles. The summed E-state index contributed by atoms with van der Waals surface area (Å²) in [5.74, 6) is -0.763. The maximum Gasteiger partial charge on any atom is 0.453 e. The maximum atomic E-state index is 13.0. The van der Waals surface area contributed by atoms with Crippen LogP contribution in [0, 0.1) is 0 Å². The molecule has 0 saturated carbocycles. The van der Waals surface area contributed by atoms with Crippen molar-refractivity contribution in [3.63, 3.8) is 0 Å². The van der Waals surface area contributed by atoms with Gasteiger partial charge >= 0.3 is 6.18 Å². The van der Waals surface area contributed by atoms with Crippen molar-refractivity contribution in [1.82, 2.24) is 24.5 Å². The van der Waals surface area contributed by atoms with Gasteiger partial charge in [0.15, 0.2) is 0 Å². The number of rotatable bonds is 4. The number of halogens is 3. The molecule has 4 rings (SSSR count). The van der Waals surface area contributed by atoms with Crippen molar-refractivity contribution < 1.29 is 22.7 Å². The Hall–Kier alpha value is -3.17. The molecule has 0 unspecified atom stereocenters. The van der Waals surface area contributed by atoms with Gasteiger partial charge in [0.25, 0.3) is 11.6 Å². The Morgan fingerprint density at radius 3 is 2.70 bits per heavy atom. The first kappa shape index (κ1) is 20.1. The minimum Gasteiger partial charge on any atom is -0.497 e. The molecule has 1 aliphatic heterocycles. The Morgan fingerprint density at radius 1 is 1.23 bits per heavy atom. The third kappa shape index (κ3) is 4.07. The van der Waals surface area contributed by atoms with Crippen LogP contribution in [0.5, 0.6) is 5.75 Å². The minimum atomic E-state index is -4.64. The van der Waals surface area contributed by atoms with Gasteiger partial charge in [-0.05, 0) is 36.6 Å². The van der Waals surface area contributed by atoms with Crippen LogP contribution < -0.4 is 4.74 Å². The van der Waals surface area contributed by atoms with E-state index >= 15 is 0 Å². The van der Waals surface area contributed by atoms with Gasteiger partial charge in [-0.25, -0.2) is 9.50 Å². The van der Waals surface area contributed by atoms with Crippen molar-refractivity contribution in [3.05, 3.63) is 53.6 Å². The molecular formula is C20H20F3N5O2. The minimum absolute atomic E-state index is 0.0234. The highest BCUT2D eigenvalue weighted by atomic mass is 19.4. The second-order valence-electron chi connectivity index (χ2n) is 7.22. The molecule has 2 aromatic heterocycles. The number of ether oxygens (including phenoxy) is 1. The Balaban J connectivity index is 1.52. The number of nitrogens with zero attached hydrogens (tertiary/aromatic N) is 5. The van der Waals surface area contributed by atoms with Gasteiger partial charge in [-0.15, -0.1) is 5.10 Å². The van der Waals surface area contributed by atoms with Crippen LogP contribution in [0.3, 0.4) is 0 Å². The largest absolute Gasteiger partial charge is 0.497 e. The SMILES string of the molecule is COc1ccc(CC(=O)N2CCC[C@@H](c3ccnc4nc(C(F)(F)F)nn34)C2)cc1. The molecule has 7 nitrogen and oxygen atoms in total. The van der Waals surface area contributed by atoms with E-state index in [1.807, 2.05) is 12.1 Å². The molecule has 0 radical (unpaired) electrons. The number of benzene rings is 1. The summed E-state index contributed by atoms with van der Waals surface area (Å²) >= 11 is 0. The second kappa shape index (κ2) is 7.92. The molecule has 10 heteroatoms. The number of piperidine rings is 1. The molecule has 1 atom stereocenters. The van der Waals surface area contributed by atoms with E-state index < -0.39 is 12.0 Å². The average molecular weight is 419 g/mol. The molecule has 1 amide bonds. The fourth-order valence-corrected chi connectivity index (χ4v) is 3.72. The van der Waals surface area contributed by atoms with E-state index in [9.17, 15) is 18.0 Å². The molecular weight excluding hydrogens is 399 g/mol. The molecule has 0 aliphatic carbocycles. The predicted molar refractivity (Wildman–Crippen MR) is 101 cm³/mol. The highest BCUT2D eigenvalue weighted by Gasteiger charge is 2.37. The Morgan fingerprint density at radius 2 is 2.00 bits per heavy atom. The normalized spacial score (nSPS) is 17.3. The van der Waals surface area contributed by atoms with E-state index in [0.717, 1.165) is 28.7 Å². The maximum absolute atomic E-state index is 13.0. The summed E-state index contributed by atoms with van der Waals surface area (Å²) < 4.78 is 45.3. The number of methoxy groups -OCH3 is 1. The summed E-state index contributed by atoms with van der Waals surface area (Å²) in [7, 11) is 1.58. The summed E-state index contributed by atoms with van der Waals surface area (Å²) in [6.07, 6.45) is -1.46. The summed E-state index contributed by atoms with van der Waals surface area (Å²) in [4.78, 5) is 21.9. The van der Waals surface area contributed by atoms with Crippen LogP contribution in [0.15, 0.2) is 36.5 Å². The summed E-state index contributed by atoms with van der Waals surface area (Å²) in [6, 6.07) is 8.94. The zero-order chi connectivity index (χ0) is 21.3. The van der Waals surface area contributed by atoms with Crippen LogP contribution in [0.25, 0.3) is 5.78 Å². The summed E-state index contributed by atoms with van der Waals surface area (Å²) in [5, 5.41) is 3.62. The molecule has 1 aliphatic rings. The number of carbonyl (C=O) groups excluding carboxylic acids is 1. The van der Waals surface area contributed by atoms with Crippen LogP contribution in [0.4, 0.5) is 13.2 Å². The first-order valence-electron chi connectivity index (χ1n) is 9.54. The van der Waals surface area contributed by atoms with Crippen molar-refractivity contribution in [2.24, 2.45) is 0 Å². The average Bonchev–Trinajstić information content (AvgIpc) is 3.19. The van der Waals surface area contributed by atoms with E-state index in [2.05, 4.69) is 15.1 Å².